The standard InChI is InChI=1S/C17H21N7O2S/c1-18-27(26)12-4-5-14(24-6-2-3-11(25)8-24)13(7-12)23-17-15-16(20-9-19-15)21-10-22-17/h4-5,7,9-11,18,25H,2-3,6,8H2,1H3,(H2,19,20,21,22,23). The van der Waals surface area contributed by atoms with Crippen molar-refractivity contribution in [2.24, 2.45) is 0 Å². The van der Waals surface area contributed by atoms with Crippen LogP contribution in [0.5, 0.6) is 0 Å². The summed E-state index contributed by atoms with van der Waals surface area (Å²) >= 11 is 0. The highest BCUT2D eigenvalue weighted by Crippen LogP contribution is 2.33. The van der Waals surface area contributed by atoms with Gasteiger partial charge >= 0.3 is 0 Å². The molecular formula is C17H21N7O2S. The SMILES string of the molecule is CNS(=O)c1ccc(N2CCCC(O)C2)c(Nc2ncnc3nc[nH]c23)c1. The number of rotatable bonds is 5. The second kappa shape index (κ2) is 7.59. The van der Waals surface area contributed by atoms with Crippen LogP contribution in [0.2, 0.25) is 0 Å². The van der Waals surface area contributed by atoms with E-state index in [4.69, 9.17) is 0 Å². The van der Waals surface area contributed by atoms with E-state index in [9.17, 15) is 9.32 Å². The smallest absolute Gasteiger partial charge is 0.182 e. The van der Waals surface area contributed by atoms with Crippen LogP contribution in [0.4, 0.5) is 17.2 Å². The summed E-state index contributed by atoms with van der Waals surface area (Å²) in [6.45, 7) is 1.41. The lowest BCUT2D eigenvalue weighted by Crippen LogP contribution is -2.38. The Hall–Kier alpha value is -2.56. The highest BCUT2D eigenvalue weighted by molar-refractivity contribution is 7.83. The molecule has 0 radical (unpaired) electrons. The van der Waals surface area contributed by atoms with Crippen LogP contribution < -0.4 is 14.9 Å². The van der Waals surface area contributed by atoms with Crippen LogP contribution in [-0.2, 0) is 11.0 Å². The lowest BCUT2D eigenvalue weighted by Gasteiger charge is -2.33. The third-order valence-corrected chi connectivity index (χ3v) is 5.63. The number of hydrogen-bond donors (Lipinski definition) is 4. The van der Waals surface area contributed by atoms with E-state index >= 15 is 0 Å². The molecule has 0 aliphatic carbocycles. The molecule has 4 rings (SSSR count). The Bertz CT molecular complexity index is 977. The van der Waals surface area contributed by atoms with E-state index in [2.05, 4.69) is 34.9 Å². The molecule has 2 atom stereocenters. The first-order valence-electron chi connectivity index (χ1n) is 8.73. The van der Waals surface area contributed by atoms with Crippen LogP contribution in [0, 0.1) is 0 Å². The van der Waals surface area contributed by atoms with Gasteiger partial charge in [0.15, 0.2) is 11.5 Å². The Balaban J connectivity index is 1.75. The summed E-state index contributed by atoms with van der Waals surface area (Å²) in [6.07, 6.45) is 4.39. The van der Waals surface area contributed by atoms with Crippen LogP contribution in [0.3, 0.4) is 0 Å². The minimum absolute atomic E-state index is 0.351. The van der Waals surface area contributed by atoms with E-state index < -0.39 is 11.0 Å². The lowest BCUT2D eigenvalue weighted by atomic mass is 10.1. The average Bonchev–Trinajstić information content (AvgIpc) is 3.17. The van der Waals surface area contributed by atoms with Gasteiger partial charge in [-0.05, 0) is 38.1 Å². The van der Waals surface area contributed by atoms with Crippen LogP contribution in [-0.4, -0.2) is 55.5 Å². The predicted molar refractivity (Wildman–Crippen MR) is 104 cm³/mol. The summed E-state index contributed by atoms with van der Waals surface area (Å²) in [6, 6.07) is 5.60. The molecule has 0 bridgehead atoms. The number of aromatic amines is 1. The Labute approximate surface area is 158 Å². The molecule has 2 unspecified atom stereocenters. The number of imidazole rings is 1. The fraction of sp³-hybridized carbons (Fsp3) is 0.353. The Morgan fingerprint density at radius 2 is 2.22 bits per heavy atom. The molecule has 142 valence electrons. The zero-order valence-corrected chi connectivity index (χ0v) is 15.7. The van der Waals surface area contributed by atoms with Gasteiger partial charge in [-0.2, -0.15) is 0 Å². The van der Waals surface area contributed by atoms with Gasteiger partial charge < -0.3 is 20.3 Å². The molecule has 1 aromatic carbocycles. The molecule has 0 saturated carbocycles. The topological polar surface area (TPSA) is 119 Å². The van der Waals surface area contributed by atoms with Crippen LogP contribution in [0.15, 0.2) is 35.7 Å². The van der Waals surface area contributed by atoms with Gasteiger partial charge in [0.25, 0.3) is 0 Å². The van der Waals surface area contributed by atoms with Crippen molar-refractivity contribution >= 4 is 39.3 Å². The van der Waals surface area contributed by atoms with Gasteiger partial charge in [-0.15, -0.1) is 0 Å². The molecule has 1 fully saturated rings. The van der Waals surface area contributed by atoms with E-state index in [1.54, 1.807) is 13.4 Å². The quantitative estimate of drug-likeness (QED) is 0.521. The highest BCUT2D eigenvalue weighted by atomic mass is 32.2. The van der Waals surface area contributed by atoms with Crippen LogP contribution in [0.25, 0.3) is 11.2 Å². The molecule has 10 heteroatoms. The largest absolute Gasteiger partial charge is 0.391 e. The normalized spacial score (nSPS) is 18.6. The minimum Gasteiger partial charge on any atom is -0.391 e. The third kappa shape index (κ3) is 3.64. The van der Waals surface area contributed by atoms with Crippen LogP contribution in [0.1, 0.15) is 12.8 Å². The molecule has 3 heterocycles. The maximum absolute atomic E-state index is 12.2. The van der Waals surface area contributed by atoms with Gasteiger partial charge in [-0.3, -0.25) is 0 Å². The summed E-state index contributed by atoms with van der Waals surface area (Å²) in [5.74, 6) is 0.587. The number of β-amino-alcohol motifs (C(OH)–C–C–N with tert-alkyl or cyclic N) is 1. The lowest BCUT2D eigenvalue weighted by molar-refractivity contribution is 0.154. The first-order chi connectivity index (χ1) is 13.2. The van der Waals surface area contributed by atoms with E-state index in [0.29, 0.717) is 28.4 Å². The molecule has 1 aliphatic rings. The fourth-order valence-electron chi connectivity index (χ4n) is 3.29. The minimum atomic E-state index is -1.31. The molecule has 27 heavy (non-hydrogen) atoms. The van der Waals surface area contributed by atoms with Gasteiger partial charge in [0.05, 0.1) is 28.7 Å². The number of H-pyrrole nitrogens is 1. The zero-order valence-electron chi connectivity index (χ0n) is 14.8. The number of hydrogen-bond acceptors (Lipinski definition) is 7. The van der Waals surface area contributed by atoms with Crippen molar-refractivity contribution in [3.63, 3.8) is 0 Å². The molecule has 1 aliphatic heterocycles. The fourth-order valence-corrected chi connectivity index (χ4v) is 3.94. The van der Waals surface area contributed by atoms with Gasteiger partial charge in [0.2, 0.25) is 0 Å². The Kier molecular flexibility index (Phi) is 5.01. The van der Waals surface area contributed by atoms with E-state index in [1.165, 1.54) is 6.33 Å². The second-order valence-electron chi connectivity index (χ2n) is 6.34. The van der Waals surface area contributed by atoms with Gasteiger partial charge in [-0.1, -0.05) is 0 Å². The van der Waals surface area contributed by atoms with Crippen molar-refractivity contribution in [3.05, 3.63) is 30.9 Å². The van der Waals surface area contributed by atoms with E-state index in [1.807, 2.05) is 18.2 Å². The second-order valence-corrected chi connectivity index (χ2v) is 7.76. The maximum atomic E-state index is 12.2. The first-order valence-corrected chi connectivity index (χ1v) is 9.88. The zero-order chi connectivity index (χ0) is 18.8. The van der Waals surface area contributed by atoms with Crippen molar-refractivity contribution < 1.29 is 9.32 Å². The average molecular weight is 387 g/mol. The Morgan fingerprint density at radius 1 is 1.33 bits per heavy atom. The number of aliphatic hydroxyl groups is 1. The number of nitrogens with zero attached hydrogens (tertiary/aromatic N) is 4. The number of aromatic nitrogens is 4. The summed E-state index contributed by atoms with van der Waals surface area (Å²) in [5.41, 5.74) is 2.95. The van der Waals surface area contributed by atoms with E-state index in [-0.39, 0.29) is 6.10 Å². The number of aliphatic hydroxyl groups excluding tert-OH is 1. The van der Waals surface area contributed by atoms with Gasteiger partial charge in [0.1, 0.15) is 22.8 Å². The van der Waals surface area contributed by atoms with Crippen molar-refractivity contribution in [1.82, 2.24) is 24.7 Å². The van der Waals surface area contributed by atoms with Crippen molar-refractivity contribution in [2.45, 2.75) is 23.8 Å². The summed E-state index contributed by atoms with van der Waals surface area (Å²) in [5, 5.41) is 13.4. The van der Waals surface area contributed by atoms with E-state index in [0.717, 1.165) is 30.8 Å². The van der Waals surface area contributed by atoms with Crippen molar-refractivity contribution in [2.75, 3.05) is 30.4 Å². The summed E-state index contributed by atoms with van der Waals surface area (Å²) < 4.78 is 15.0. The summed E-state index contributed by atoms with van der Waals surface area (Å²) in [4.78, 5) is 18.4. The van der Waals surface area contributed by atoms with Crippen LogP contribution >= 0.6 is 0 Å². The molecule has 2 aromatic heterocycles. The van der Waals surface area contributed by atoms with Gasteiger partial charge in [0, 0.05) is 13.1 Å². The Morgan fingerprint density at radius 3 is 3.04 bits per heavy atom. The predicted octanol–water partition coefficient (Wildman–Crippen LogP) is 1.30. The number of fused-ring (bicyclic) bond motifs is 1. The molecule has 1 saturated heterocycles. The number of nitrogens with one attached hydrogen (secondary N) is 3. The number of piperidine rings is 1. The molecule has 0 amide bonds. The number of benzene rings is 1. The van der Waals surface area contributed by atoms with Crippen molar-refractivity contribution in [3.8, 4) is 0 Å². The third-order valence-electron chi connectivity index (χ3n) is 4.58. The van der Waals surface area contributed by atoms with Crippen molar-refractivity contribution in [1.29, 1.82) is 0 Å². The monoisotopic (exact) mass is 387 g/mol. The summed E-state index contributed by atoms with van der Waals surface area (Å²) in [7, 11) is 0.340. The molecule has 0 spiro atoms. The molecular weight excluding hydrogens is 366 g/mol. The molecule has 9 nitrogen and oxygen atoms in total. The number of anilines is 3. The van der Waals surface area contributed by atoms with Gasteiger partial charge in [-0.25, -0.2) is 23.9 Å². The molecule has 3 aromatic rings. The highest BCUT2D eigenvalue weighted by Gasteiger charge is 2.21. The first kappa shape index (κ1) is 17.8. The molecule has 4 N–H and O–H groups in total. The maximum Gasteiger partial charge on any atom is 0.182 e.